The van der Waals surface area contributed by atoms with Crippen molar-refractivity contribution in [3.63, 3.8) is 0 Å². The number of nitrogens with zero attached hydrogens (tertiary/aromatic N) is 3. The summed E-state index contributed by atoms with van der Waals surface area (Å²) >= 11 is 5.96. The quantitative estimate of drug-likeness (QED) is 0.886. The van der Waals surface area contributed by atoms with Crippen molar-refractivity contribution in [1.29, 1.82) is 0 Å². The van der Waals surface area contributed by atoms with Gasteiger partial charge in [0.15, 0.2) is 0 Å². The van der Waals surface area contributed by atoms with Crippen LogP contribution in [-0.2, 0) is 4.79 Å². The molecule has 6 nitrogen and oxygen atoms in total. The van der Waals surface area contributed by atoms with Crippen LogP contribution in [0.1, 0.15) is 48.7 Å². The molecule has 1 aromatic carbocycles. The summed E-state index contributed by atoms with van der Waals surface area (Å²) in [6.07, 6.45) is 2.89. The number of carbonyl (C=O) groups is 2. The molecule has 0 radical (unpaired) electrons. The van der Waals surface area contributed by atoms with Gasteiger partial charge in [-0.05, 0) is 43.0 Å². The summed E-state index contributed by atoms with van der Waals surface area (Å²) in [5, 5.41) is 14.3. The van der Waals surface area contributed by atoms with Crippen molar-refractivity contribution in [1.82, 2.24) is 14.7 Å². The van der Waals surface area contributed by atoms with Crippen molar-refractivity contribution in [2.75, 3.05) is 13.1 Å². The van der Waals surface area contributed by atoms with Gasteiger partial charge in [-0.1, -0.05) is 25.4 Å². The summed E-state index contributed by atoms with van der Waals surface area (Å²) in [5.41, 5.74) is 2.18. The maximum atomic E-state index is 13.1. The molecule has 1 aromatic heterocycles. The summed E-state index contributed by atoms with van der Waals surface area (Å²) in [6, 6.07) is 7.28. The molecule has 138 valence electrons. The lowest BCUT2D eigenvalue weighted by Crippen LogP contribution is -2.42. The van der Waals surface area contributed by atoms with Gasteiger partial charge in [-0.25, -0.2) is 4.68 Å². The molecule has 1 atom stereocenters. The maximum absolute atomic E-state index is 13.1. The average molecular weight is 376 g/mol. The second-order valence-electron chi connectivity index (χ2n) is 6.91. The lowest BCUT2D eigenvalue weighted by atomic mass is 9.97. The van der Waals surface area contributed by atoms with Gasteiger partial charge in [0.2, 0.25) is 0 Å². The standard InChI is InChI=1S/C19H22ClN3O3/c1-12(2)17-16(10-21-23(17)15-7-5-14(20)6-8-15)18(24)22-9-3-4-13(11-22)19(25)26/h5-8,10,12-13H,3-4,9,11H2,1-2H3,(H,25,26)/t13-/m0/s1. The maximum Gasteiger partial charge on any atom is 0.308 e. The Labute approximate surface area is 157 Å². The van der Waals surface area contributed by atoms with E-state index in [0.717, 1.165) is 11.4 Å². The van der Waals surface area contributed by atoms with E-state index in [0.29, 0.717) is 30.0 Å². The van der Waals surface area contributed by atoms with Crippen LogP contribution in [0.3, 0.4) is 0 Å². The van der Waals surface area contributed by atoms with Crippen LogP contribution in [0.5, 0.6) is 0 Å². The number of aromatic nitrogens is 2. The van der Waals surface area contributed by atoms with Gasteiger partial charge >= 0.3 is 5.97 Å². The molecular formula is C19H22ClN3O3. The lowest BCUT2D eigenvalue weighted by molar-refractivity contribution is -0.143. The molecule has 0 unspecified atom stereocenters. The SMILES string of the molecule is CC(C)c1c(C(=O)N2CCC[C@H](C(=O)O)C2)cnn1-c1ccc(Cl)cc1. The van der Waals surface area contributed by atoms with Crippen LogP contribution >= 0.6 is 11.6 Å². The lowest BCUT2D eigenvalue weighted by Gasteiger charge is -2.31. The van der Waals surface area contributed by atoms with Crippen LogP contribution in [0.15, 0.2) is 30.5 Å². The number of hydrogen-bond donors (Lipinski definition) is 1. The van der Waals surface area contributed by atoms with Gasteiger partial charge in [0.1, 0.15) is 0 Å². The minimum atomic E-state index is -0.844. The Kier molecular flexibility index (Phi) is 5.32. The molecule has 0 saturated carbocycles. The third kappa shape index (κ3) is 3.60. The fourth-order valence-corrected chi connectivity index (χ4v) is 3.53. The third-order valence-corrected chi connectivity index (χ3v) is 4.96. The number of carboxylic acid groups (broad SMARTS) is 1. The molecule has 0 spiro atoms. The van der Waals surface area contributed by atoms with Crippen molar-refractivity contribution in [2.45, 2.75) is 32.6 Å². The first kappa shape index (κ1) is 18.5. The highest BCUT2D eigenvalue weighted by molar-refractivity contribution is 6.30. The van der Waals surface area contributed by atoms with Gasteiger partial charge in [-0.2, -0.15) is 5.10 Å². The van der Waals surface area contributed by atoms with Crippen molar-refractivity contribution < 1.29 is 14.7 Å². The summed E-state index contributed by atoms with van der Waals surface area (Å²) in [7, 11) is 0. The second kappa shape index (κ2) is 7.50. The summed E-state index contributed by atoms with van der Waals surface area (Å²) in [6.45, 7) is 4.84. The van der Waals surface area contributed by atoms with Gasteiger partial charge in [0, 0.05) is 18.1 Å². The first-order valence-corrected chi connectivity index (χ1v) is 9.12. The molecule has 0 bridgehead atoms. The van der Waals surface area contributed by atoms with Crippen LogP contribution in [-0.4, -0.2) is 44.8 Å². The molecule has 2 aromatic rings. The average Bonchev–Trinajstić information content (AvgIpc) is 3.07. The van der Waals surface area contributed by atoms with E-state index >= 15 is 0 Å². The molecule has 1 aliphatic rings. The number of benzene rings is 1. The number of piperidine rings is 1. The number of aliphatic carboxylic acids is 1. The molecule has 1 aliphatic heterocycles. The van der Waals surface area contributed by atoms with E-state index in [2.05, 4.69) is 5.10 Å². The number of carboxylic acids is 1. The highest BCUT2D eigenvalue weighted by atomic mass is 35.5. The second-order valence-corrected chi connectivity index (χ2v) is 7.35. The van der Waals surface area contributed by atoms with Gasteiger partial charge in [0.25, 0.3) is 5.91 Å². The molecule has 1 N–H and O–H groups in total. The molecule has 3 rings (SSSR count). The van der Waals surface area contributed by atoms with Crippen LogP contribution in [0.25, 0.3) is 5.69 Å². The molecule has 7 heteroatoms. The Hall–Kier alpha value is -2.34. The minimum absolute atomic E-state index is 0.0761. The highest BCUT2D eigenvalue weighted by Gasteiger charge is 2.31. The topological polar surface area (TPSA) is 75.4 Å². The number of hydrogen-bond acceptors (Lipinski definition) is 3. The van der Waals surface area contributed by atoms with Crippen molar-refractivity contribution in [3.8, 4) is 5.69 Å². The monoisotopic (exact) mass is 375 g/mol. The molecule has 2 heterocycles. The van der Waals surface area contributed by atoms with E-state index < -0.39 is 11.9 Å². The molecular weight excluding hydrogens is 354 g/mol. The minimum Gasteiger partial charge on any atom is -0.481 e. The van der Waals surface area contributed by atoms with Crippen molar-refractivity contribution in [2.24, 2.45) is 5.92 Å². The largest absolute Gasteiger partial charge is 0.481 e. The molecule has 0 aliphatic carbocycles. The van der Waals surface area contributed by atoms with E-state index in [9.17, 15) is 14.7 Å². The van der Waals surface area contributed by atoms with E-state index in [4.69, 9.17) is 11.6 Å². The van der Waals surface area contributed by atoms with Crippen LogP contribution < -0.4 is 0 Å². The van der Waals surface area contributed by atoms with Gasteiger partial charge in [-0.3, -0.25) is 9.59 Å². The highest BCUT2D eigenvalue weighted by Crippen LogP contribution is 2.26. The van der Waals surface area contributed by atoms with Crippen molar-refractivity contribution >= 4 is 23.5 Å². The van der Waals surface area contributed by atoms with Gasteiger partial charge < -0.3 is 10.0 Å². The number of carbonyl (C=O) groups excluding carboxylic acids is 1. The fourth-order valence-electron chi connectivity index (χ4n) is 3.40. The zero-order valence-corrected chi connectivity index (χ0v) is 15.6. The third-order valence-electron chi connectivity index (χ3n) is 4.71. The van der Waals surface area contributed by atoms with E-state index in [-0.39, 0.29) is 18.4 Å². The number of rotatable bonds is 4. The zero-order chi connectivity index (χ0) is 18.8. The molecule has 1 fully saturated rings. The van der Waals surface area contributed by atoms with Crippen LogP contribution in [0.2, 0.25) is 5.02 Å². The Balaban J connectivity index is 1.93. The molecule has 1 amide bonds. The van der Waals surface area contributed by atoms with E-state index in [1.165, 1.54) is 0 Å². The Bertz CT molecular complexity index is 814. The first-order chi connectivity index (χ1) is 12.4. The Morgan fingerprint density at radius 3 is 2.58 bits per heavy atom. The molecule has 26 heavy (non-hydrogen) atoms. The number of amides is 1. The summed E-state index contributed by atoms with van der Waals surface area (Å²) in [4.78, 5) is 26.0. The Morgan fingerprint density at radius 1 is 1.27 bits per heavy atom. The van der Waals surface area contributed by atoms with Crippen molar-refractivity contribution in [3.05, 3.63) is 46.7 Å². The first-order valence-electron chi connectivity index (χ1n) is 8.74. The predicted molar refractivity (Wildman–Crippen MR) is 98.9 cm³/mol. The molecule has 1 saturated heterocycles. The van der Waals surface area contributed by atoms with Crippen LogP contribution in [0, 0.1) is 5.92 Å². The van der Waals surface area contributed by atoms with Crippen LogP contribution in [0.4, 0.5) is 0 Å². The predicted octanol–water partition coefficient (Wildman–Crippen LogP) is 3.59. The number of likely N-dealkylation sites (tertiary alicyclic amines) is 1. The van der Waals surface area contributed by atoms with Gasteiger partial charge in [-0.15, -0.1) is 0 Å². The zero-order valence-electron chi connectivity index (χ0n) is 14.9. The normalized spacial score (nSPS) is 17.5. The van der Waals surface area contributed by atoms with E-state index in [1.54, 1.807) is 27.9 Å². The Morgan fingerprint density at radius 2 is 1.96 bits per heavy atom. The fraction of sp³-hybridized carbons (Fsp3) is 0.421. The summed E-state index contributed by atoms with van der Waals surface area (Å²) in [5.74, 6) is -1.42. The van der Waals surface area contributed by atoms with Gasteiger partial charge in [0.05, 0.1) is 29.1 Å². The summed E-state index contributed by atoms with van der Waals surface area (Å²) < 4.78 is 1.76. The van der Waals surface area contributed by atoms with E-state index in [1.807, 2.05) is 26.0 Å². The smallest absolute Gasteiger partial charge is 0.308 e. The number of halogens is 1.